The van der Waals surface area contributed by atoms with Crippen molar-refractivity contribution < 1.29 is 4.79 Å². The number of hydrogen-bond donors (Lipinski definition) is 3. The van der Waals surface area contributed by atoms with E-state index in [1.807, 2.05) is 70.2 Å². The van der Waals surface area contributed by atoms with Gasteiger partial charge in [0.1, 0.15) is 5.82 Å². The van der Waals surface area contributed by atoms with Gasteiger partial charge in [0.05, 0.1) is 5.69 Å². The molecule has 8 nitrogen and oxygen atoms in total. The lowest BCUT2D eigenvalue weighted by Crippen LogP contribution is -2.29. The minimum absolute atomic E-state index is 0.260. The third kappa shape index (κ3) is 4.95. The fourth-order valence-electron chi connectivity index (χ4n) is 3.56. The number of fused-ring (bicyclic) bond motifs is 1. The van der Waals surface area contributed by atoms with Crippen LogP contribution < -0.4 is 16.2 Å². The number of carbonyl (C=O) groups is 1. The van der Waals surface area contributed by atoms with Crippen LogP contribution in [0.3, 0.4) is 0 Å². The fourth-order valence-corrected chi connectivity index (χ4v) is 3.56. The predicted octanol–water partition coefficient (Wildman–Crippen LogP) is 4.29. The first kappa shape index (κ1) is 22.3. The number of urea groups is 1. The van der Waals surface area contributed by atoms with Gasteiger partial charge in [-0.05, 0) is 22.8 Å². The Morgan fingerprint density at radius 3 is 2.61 bits per heavy atom. The van der Waals surface area contributed by atoms with Crippen LogP contribution in [0.5, 0.6) is 0 Å². The zero-order chi connectivity index (χ0) is 23.6. The summed E-state index contributed by atoms with van der Waals surface area (Å²) < 4.78 is 1.47. The Balaban J connectivity index is 1.60. The average molecular weight is 445 g/mol. The number of nitrogens with one attached hydrogen (secondary N) is 3. The van der Waals surface area contributed by atoms with Gasteiger partial charge in [-0.2, -0.15) is 9.78 Å². The van der Waals surface area contributed by atoms with Gasteiger partial charge in [-0.1, -0.05) is 70.2 Å². The third-order valence-corrected chi connectivity index (χ3v) is 5.38. The van der Waals surface area contributed by atoms with E-state index in [2.05, 4.69) is 25.7 Å². The quantitative estimate of drug-likeness (QED) is 0.427. The van der Waals surface area contributed by atoms with E-state index in [9.17, 15) is 9.59 Å². The van der Waals surface area contributed by atoms with Gasteiger partial charge in [0.2, 0.25) is 5.95 Å². The van der Waals surface area contributed by atoms with E-state index in [0.717, 1.165) is 22.0 Å². The van der Waals surface area contributed by atoms with Gasteiger partial charge in [-0.25, -0.2) is 9.78 Å². The van der Waals surface area contributed by atoms with Crippen LogP contribution in [0.25, 0.3) is 16.7 Å². The van der Waals surface area contributed by atoms with E-state index in [1.165, 1.54) is 10.7 Å². The second-order valence-electron chi connectivity index (χ2n) is 8.94. The molecule has 4 rings (SSSR count). The van der Waals surface area contributed by atoms with Gasteiger partial charge in [-0.3, -0.25) is 15.1 Å². The fraction of sp³-hybridized carbons (Fsp3) is 0.280. The predicted molar refractivity (Wildman–Crippen MR) is 130 cm³/mol. The number of hydrogen-bond acceptors (Lipinski definition) is 4. The van der Waals surface area contributed by atoms with Crippen molar-refractivity contribution in [3.8, 4) is 5.95 Å². The number of amides is 2. The molecule has 33 heavy (non-hydrogen) atoms. The number of aromatic amines is 1. The molecule has 0 radical (unpaired) electrons. The largest absolute Gasteiger partial charge is 0.334 e. The number of nitrogens with zero attached hydrogens (tertiary/aromatic N) is 3. The molecular formula is C25H28N6O2. The number of rotatable bonds is 5. The highest BCUT2D eigenvalue weighted by atomic mass is 16.2. The number of benzene rings is 2. The Bertz CT molecular complexity index is 1360. The topological polar surface area (TPSA) is 105 Å². The molecule has 4 aromatic rings. The summed E-state index contributed by atoms with van der Waals surface area (Å²) in [6.45, 7) is 8.39. The lowest BCUT2D eigenvalue weighted by molar-refractivity contribution is 0.251. The van der Waals surface area contributed by atoms with E-state index in [-0.39, 0.29) is 23.0 Å². The van der Waals surface area contributed by atoms with Crippen molar-refractivity contribution in [1.82, 2.24) is 25.1 Å². The van der Waals surface area contributed by atoms with Gasteiger partial charge in [0, 0.05) is 29.8 Å². The second-order valence-corrected chi connectivity index (χ2v) is 8.94. The lowest BCUT2D eigenvalue weighted by atomic mass is 9.92. The molecule has 170 valence electrons. The molecule has 8 heteroatoms. The Morgan fingerprint density at radius 1 is 1.09 bits per heavy atom. The molecule has 2 aromatic carbocycles. The van der Waals surface area contributed by atoms with Gasteiger partial charge in [0.15, 0.2) is 0 Å². The maximum absolute atomic E-state index is 12.8. The van der Waals surface area contributed by atoms with Crippen LogP contribution in [0.1, 0.15) is 44.6 Å². The van der Waals surface area contributed by atoms with E-state index in [4.69, 9.17) is 0 Å². The van der Waals surface area contributed by atoms with Gasteiger partial charge in [0.25, 0.3) is 5.56 Å². The molecule has 2 heterocycles. The number of H-pyrrole nitrogens is 1. The molecule has 0 aliphatic rings. The molecule has 0 bridgehead atoms. The number of carbonyl (C=O) groups excluding carboxylic acids is 1. The lowest BCUT2D eigenvalue weighted by Gasteiger charge is -2.13. The van der Waals surface area contributed by atoms with Crippen molar-refractivity contribution in [2.24, 2.45) is 0 Å². The van der Waals surface area contributed by atoms with E-state index < -0.39 is 0 Å². The van der Waals surface area contributed by atoms with Crippen LogP contribution in [-0.4, -0.2) is 25.8 Å². The van der Waals surface area contributed by atoms with Crippen molar-refractivity contribution in [3.05, 3.63) is 81.9 Å². The highest BCUT2D eigenvalue weighted by Crippen LogP contribution is 2.25. The van der Waals surface area contributed by atoms with Gasteiger partial charge < -0.3 is 5.32 Å². The molecule has 0 saturated carbocycles. The summed E-state index contributed by atoms with van der Waals surface area (Å²) in [7, 11) is 0. The first-order valence-corrected chi connectivity index (χ1v) is 11.0. The highest BCUT2D eigenvalue weighted by Gasteiger charge is 2.22. The first-order chi connectivity index (χ1) is 15.7. The number of aromatic nitrogens is 4. The van der Waals surface area contributed by atoms with Crippen molar-refractivity contribution in [2.45, 2.75) is 46.1 Å². The summed E-state index contributed by atoms with van der Waals surface area (Å²) in [5, 5.41) is 12.6. The van der Waals surface area contributed by atoms with Crippen molar-refractivity contribution in [1.29, 1.82) is 0 Å². The average Bonchev–Trinajstić information content (AvgIpc) is 3.21. The molecular weight excluding hydrogens is 416 g/mol. The summed E-state index contributed by atoms with van der Waals surface area (Å²) in [6, 6.07) is 17.0. The number of aryl methyl sites for hydroxylation is 1. The van der Waals surface area contributed by atoms with Gasteiger partial charge >= 0.3 is 6.03 Å². The normalized spacial score (nSPS) is 11.5. The Morgan fingerprint density at radius 2 is 1.85 bits per heavy atom. The minimum Gasteiger partial charge on any atom is -0.334 e. The summed E-state index contributed by atoms with van der Waals surface area (Å²) in [4.78, 5) is 32.1. The summed E-state index contributed by atoms with van der Waals surface area (Å²) in [6.07, 6.45) is 0.610. The van der Waals surface area contributed by atoms with Crippen molar-refractivity contribution in [3.63, 3.8) is 0 Å². The summed E-state index contributed by atoms with van der Waals surface area (Å²) in [5.74, 6) is 0.686. The van der Waals surface area contributed by atoms with E-state index >= 15 is 0 Å². The molecule has 3 N–H and O–H groups in total. The maximum atomic E-state index is 12.8. The first-order valence-electron chi connectivity index (χ1n) is 11.0. The molecule has 0 aliphatic carbocycles. The van der Waals surface area contributed by atoms with Crippen LogP contribution in [0.15, 0.2) is 59.4 Å². The summed E-state index contributed by atoms with van der Waals surface area (Å²) >= 11 is 0. The molecule has 2 amide bonds. The van der Waals surface area contributed by atoms with Crippen molar-refractivity contribution >= 4 is 22.6 Å². The van der Waals surface area contributed by atoms with Crippen LogP contribution in [0, 0.1) is 0 Å². The SMILES string of the molecule is CCc1cc(=O)[nH]c(-n2nc(C(C)(C)C)cc2NC(=O)NCc2cccc3ccccc23)n1. The Kier molecular flexibility index (Phi) is 6.00. The molecule has 0 spiro atoms. The van der Waals surface area contributed by atoms with Gasteiger partial charge in [-0.15, -0.1) is 0 Å². The zero-order valence-corrected chi connectivity index (χ0v) is 19.3. The molecule has 0 saturated heterocycles. The maximum Gasteiger partial charge on any atom is 0.320 e. The Hall–Kier alpha value is -3.94. The van der Waals surface area contributed by atoms with Crippen LogP contribution in [-0.2, 0) is 18.4 Å². The number of anilines is 1. The third-order valence-electron chi connectivity index (χ3n) is 5.38. The van der Waals surface area contributed by atoms with E-state index in [1.54, 1.807) is 6.07 Å². The van der Waals surface area contributed by atoms with Crippen LogP contribution in [0.2, 0.25) is 0 Å². The molecule has 0 fully saturated rings. The summed E-state index contributed by atoms with van der Waals surface area (Å²) in [5.41, 5.74) is 1.90. The minimum atomic E-state index is -0.376. The molecule has 0 aliphatic heterocycles. The standard InChI is InChI=1S/C25H28N6O2/c1-5-18-13-22(32)29-23(27-18)31-21(14-20(30-31)25(2,3)4)28-24(33)26-15-17-11-8-10-16-9-6-7-12-19(16)17/h6-14H,5,15H2,1-4H3,(H2,26,28,33)(H,27,29,32). The molecule has 2 aromatic heterocycles. The van der Waals surface area contributed by atoms with Crippen LogP contribution in [0.4, 0.5) is 10.6 Å². The zero-order valence-electron chi connectivity index (χ0n) is 19.3. The van der Waals surface area contributed by atoms with Crippen molar-refractivity contribution in [2.75, 3.05) is 5.32 Å². The molecule has 0 atom stereocenters. The van der Waals surface area contributed by atoms with Crippen LogP contribution >= 0.6 is 0 Å². The monoisotopic (exact) mass is 444 g/mol. The highest BCUT2D eigenvalue weighted by molar-refractivity contribution is 5.90. The molecule has 0 unspecified atom stereocenters. The second kappa shape index (κ2) is 8.90. The Labute approximate surface area is 192 Å². The van der Waals surface area contributed by atoms with E-state index in [0.29, 0.717) is 24.5 Å². The smallest absolute Gasteiger partial charge is 0.320 e.